The van der Waals surface area contributed by atoms with E-state index in [0.717, 1.165) is 33.4 Å². The van der Waals surface area contributed by atoms with Gasteiger partial charge in [-0.3, -0.25) is 0 Å². The average molecular weight is 312 g/mol. The Balaban J connectivity index is 2.10. The van der Waals surface area contributed by atoms with Crippen LogP contribution in [0.25, 0.3) is 10.9 Å². The Kier molecular flexibility index (Phi) is 4.62. The van der Waals surface area contributed by atoms with Crippen molar-refractivity contribution in [3.63, 3.8) is 0 Å². The number of hydrogen-bond donors (Lipinski definition) is 1. The molecule has 0 unspecified atom stereocenters. The second-order valence-corrected chi connectivity index (χ2v) is 5.74. The molecule has 0 saturated heterocycles. The molecule has 1 heterocycles. The van der Waals surface area contributed by atoms with Crippen LogP contribution >= 0.6 is 27.7 Å². The van der Waals surface area contributed by atoms with Crippen molar-refractivity contribution in [1.29, 1.82) is 0 Å². The number of aromatic nitrogens is 2. The van der Waals surface area contributed by atoms with Gasteiger partial charge >= 0.3 is 0 Å². The predicted octanol–water partition coefficient (Wildman–Crippen LogP) is 3.56. The molecule has 0 saturated carbocycles. The summed E-state index contributed by atoms with van der Waals surface area (Å²) < 4.78 is 1.03. The largest absolute Gasteiger partial charge is 0.353 e. The van der Waals surface area contributed by atoms with Crippen molar-refractivity contribution in [3.8, 4) is 0 Å². The molecule has 2 rings (SSSR count). The Bertz CT molecular complexity index is 504. The van der Waals surface area contributed by atoms with E-state index in [4.69, 9.17) is 0 Å². The topological polar surface area (TPSA) is 37.8 Å². The highest BCUT2D eigenvalue weighted by Crippen LogP contribution is 2.22. The third-order valence-corrected chi connectivity index (χ3v) is 3.90. The molecular formula is C12H14BrN3S. The summed E-state index contributed by atoms with van der Waals surface area (Å²) in [4.78, 5) is 8.78. The van der Waals surface area contributed by atoms with Crippen molar-refractivity contribution < 1.29 is 0 Å². The van der Waals surface area contributed by atoms with Crippen LogP contribution in [0.15, 0.2) is 28.9 Å². The fourth-order valence-corrected chi connectivity index (χ4v) is 2.48. The van der Waals surface area contributed by atoms with Crippen molar-refractivity contribution in [2.24, 2.45) is 0 Å². The summed E-state index contributed by atoms with van der Waals surface area (Å²) in [5.74, 6) is 2.93. The monoisotopic (exact) mass is 311 g/mol. The van der Waals surface area contributed by atoms with E-state index >= 15 is 0 Å². The molecule has 0 spiro atoms. The van der Waals surface area contributed by atoms with Crippen LogP contribution in [0.4, 0.5) is 5.95 Å². The summed E-state index contributed by atoms with van der Waals surface area (Å²) in [7, 11) is 0. The van der Waals surface area contributed by atoms with Gasteiger partial charge in [0, 0.05) is 28.4 Å². The fourth-order valence-electron chi connectivity index (χ4n) is 1.48. The summed E-state index contributed by atoms with van der Waals surface area (Å²) >= 11 is 5.40. The van der Waals surface area contributed by atoms with E-state index in [-0.39, 0.29) is 0 Å². The van der Waals surface area contributed by atoms with Gasteiger partial charge < -0.3 is 5.32 Å². The number of nitrogens with zero attached hydrogens (tertiary/aromatic N) is 2. The van der Waals surface area contributed by atoms with Crippen LogP contribution in [-0.4, -0.2) is 28.0 Å². The van der Waals surface area contributed by atoms with Gasteiger partial charge in [-0.05, 0) is 17.9 Å². The smallest absolute Gasteiger partial charge is 0.223 e. The van der Waals surface area contributed by atoms with Crippen molar-refractivity contribution >= 4 is 44.5 Å². The zero-order valence-electron chi connectivity index (χ0n) is 9.61. The zero-order valence-corrected chi connectivity index (χ0v) is 12.0. The van der Waals surface area contributed by atoms with Gasteiger partial charge in [-0.1, -0.05) is 28.9 Å². The number of benzene rings is 1. The third kappa shape index (κ3) is 3.33. The molecule has 0 amide bonds. The summed E-state index contributed by atoms with van der Waals surface area (Å²) in [5, 5.41) is 4.28. The minimum absolute atomic E-state index is 0.701. The summed E-state index contributed by atoms with van der Waals surface area (Å²) in [5.41, 5.74) is 0.958. The summed E-state index contributed by atoms with van der Waals surface area (Å²) in [6.45, 7) is 3.06. The Hall–Kier alpha value is -0.810. The lowest BCUT2D eigenvalue weighted by Gasteiger charge is -2.05. The molecule has 0 aliphatic carbocycles. The first-order chi connectivity index (χ1) is 8.31. The van der Waals surface area contributed by atoms with Crippen LogP contribution in [0.5, 0.6) is 0 Å². The maximum Gasteiger partial charge on any atom is 0.223 e. The SMILES string of the molecule is CCSCCNc1ncc2c(Br)cccc2n1. The van der Waals surface area contributed by atoms with Gasteiger partial charge in [0.1, 0.15) is 0 Å². The average Bonchev–Trinajstić information content (AvgIpc) is 2.35. The van der Waals surface area contributed by atoms with Crippen molar-refractivity contribution in [2.45, 2.75) is 6.92 Å². The standard InChI is InChI=1S/C12H14BrN3S/c1-2-17-7-6-14-12-15-8-9-10(13)4-3-5-11(9)16-12/h3-5,8H,2,6-7H2,1H3,(H,14,15,16). The minimum atomic E-state index is 0.701. The Morgan fingerprint density at radius 2 is 2.29 bits per heavy atom. The van der Waals surface area contributed by atoms with E-state index in [2.05, 4.69) is 38.1 Å². The first-order valence-electron chi connectivity index (χ1n) is 5.54. The van der Waals surface area contributed by atoms with Gasteiger partial charge in [0.05, 0.1) is 5.52 Å². The van der Waals surface area contributed by atoms with E-state index in [9.17, 15) is 0 Å². The molecule has 0 radical (unpaired) electrons. The van der Waals surface area contributed by atoms with Gasteiger partial charge in [0.2, 0.25) is 5.95 Å². The Labute approximate surface area is 114 Å². The van der Waals surface area contributed by atoms with Crippen LogP contribution in [0, 0.1) is 0 Å². The first-order valence-corrected chi connectivity index (χ1v) is 7.49. The van der Waals surface area contributed by atoms with E-state index in [1.807, 2.05) is 36.2 Å². The highest BCUT2D eigenvalue weighted by molar-refractivity contribution is 9.10. The van der Waals surface area contributed by atoms with Crippen molar-refractivity contribution in [1.82, 2.24) is 9.97 Å². The number of halogens is 1. The summed E-state index contributed by atoms with van der Waals surface area (Å²) in [6, 6.07) is 5.97. The molecule has 0 aliphatic heterocycles. The number of hydrogen-bond acceptors (Lipinski definition) is 4. The molecule has 90 valence electrons. The molecule has 0 fully saturated rings. The van der Waals surface area contributed by atoms with Crippen LogP contribution < -0.4 is 5.32 Å². The van der Waals surface area contributed by atoms with Gasteiger partial charge in [-0.2, -0.15) is 11.8 Å². The van der Waals surface area contributed by atoms with Gasteiger partial charge in [-0.25, -0.2) is 9.97 Å². The van der Waals surface area contributed by atoms with E-state index in [1.165, 1.54) is 0 Å². The third-order valence-electron chi connectivity index (χ3n) is 2.31. The maximum absolute atomic E-state index is 4.47. The molecule has 0 aliphatic rings. The van der Waals surface area contributed by atoms with E-state index < -0.39 is 0 Å². The van der Waals surface area contributed by atoms with Gasteiger partial charge in [0.15, 0.2) is 0 Å². The highest BCUT2D eigenvalue weighted by Gasteiger charge is 2.01. The molecule has 1 N–H and O–H groups in total. The lowest BCUT2D eigenvalue weighted by molar-refractivity contribution is 1.11. The quantitative estimate of drug-likeness (QED) is 0.857. The number of thioether (sulfide) groups is 1. The molecular weight excluding hydrogens is 298 g/mol. The molecule has 0 atom stereocenters. The lowest BCUT2D eigenvalue weighted by Crippen LogP contribution is -2.07. The van der Waals surface area contributed by atoms with E-state index in [1.54, 1.807) is 0 Å². The van der Waals surface area contributed by atoms with E-state index in [0.29, 0.717) is 5.95 Å². The normalized spacial score (nSPS) is 10.7. The fraction of sp³-hybridized carbons (Fsp3) is 0.333. The first kappa shape index (κ1) is 12.6. The molecule has 5 heteroatoms. The zero-order chi connectivity index (χ0) is 12.1. The van der Waals surface area contributed by atoms with Crippen molar-refractivity contribution in [2.75, 3.05) is 23.4 Å². The second-order valence-electron chi connectivity index (χ2n) is 3.49. The molecule has 1 aromatic carbocycles. The minimum Gasteiger partial charge on any atom is -0.353 e. The number of rotatable bonds is 5. The highest BCUT2D eigenvalue weighted by atomic mass is 79.9. The van der Waals surface area contributed by atoms with Crippen LogP contribution in [0.2, 0.25) is 0 Å². The predicted molar refractivity (Wildman–Crippen MR) is 78.7 cm³/mol. The van der Waals surface area contributed by atoms with Crippen LogP contribution in [0.3, 0.4) is 0 Å². The Morgan fingerprint density at radius 1 is 1.41 bits per heavy atom. The molecule has 1 aromatic heterocycles. The molecule has 0 bridgehead atoms. The lowest BCUT2D eigenvalue weighted by atomic mass is 10.2. The number of fused-ring (bicyclic) bond motifs is 1. The second kappa shape index (κ2) is 6.21. The Morgan fingerprint density at radius 3 is 3.12 bits per heavy atom. The van der Waals surface area contributed by atoms with Gasteiger partial charge in [0.25, 0.3) is 0 Å². The number of nitrogens with one attached hydrogen (secondary N) is 1. The molecule has 17 heavy (non-hydrogen) atoms. The van der Waals surface area contributed by atoms with Crippen LogP contribution in [0.1, 0.15) is 6.92 Å². The molecule has 3 nitrogen and oxygen atoms in total. The molecule has 2 aromatic rings. The van der Waals surface area contributed by atoms with Gasteiger partial charge in [-0.15, -0.1) is 0 Å². The summed E-state index contributed by atoms with van der Waals surface area (Å²) in [6.07, 6.45) is 1.85. The number of anilines is 1. The maximum atomic E-state index is 4.47. The van der Waals surface area contributed by atoms with Crippen LogP contribution in [-0.2, 0) is 0 Å². The van der Waals surface area contributed by atoms with Crippen molar-refractivity contribution in [3.05, 3.63) is 28.9 Å².